The summed E-state index contributed by atoms with van der Waals surface area (Å²) in [6, 6.07) is 78.8. The lowest BCUT2D eigenvalue weighted by atomic mass is 9.78. The molecule has 68 heavy (non-hydrogen) atoms. The van der Waals surface area contributed by atoms with Crippen LogP contribution in [0.15, 0.2) is 206 Å². The van der Waals surface area contributed by atoms with E-state index in [1.54, 1.807) is 0 Å². The molecule has 0 heterocycles. The van der Waals surface area contributed by atoms with Gasteiger partial charge in [-0.15, -0.1) is 0 Å². The van der Waals surface area contributed by atoms with Crippen LogP contribution >= 0.6 is 0 Å². The predicted octanol–water partition coefficient (Wildman–Crippen LogP) is 18.8. The van der Waals surface area contributed by atoms with Gasteiger partial charge in [0.05, 0.1) is 0 Å². The maximum atomic E-state index is 2.62. The third kappa shape index (κ3) is 4.99. The fraction of sp³-hybridized carbons (Fsp3) is 0.0882. The SMILES string of the molecule is CC1(C)c2cc3c(cc2-c2c(-c4ccc5ccc6cccc7ccc4c5c67)cc(-c4ccccc4)cc21)C(C)(C)c1cc(-c2ccccc2)cc(-c2ccc4ccc5cccc6ccc2c4c56)c1-3. The van der Waals surface area contributed by atoms with E-state index in [0.717, 1.165) is 0 Å². The Hall–Kier alpha value is -8.06. The normalized spacial score (nSPS) is 14.4. The zero-order chi connectivity index (χ0) is 45.2. The van der Waals surface area contributed by atoms with E-state index >= 15 is 0 Å². The van der Waals surface area contributed by atoms with Gasteiger partial charge in [0.2, 0.25) is 0 Å². The first-order valence-electron chi connectivity index (χ1n) is 24.2. The fourth-order valence-electron chi connectivity index (χ4n) is 13.1. The quantitative estimate of drug-likeness (QED) is 0.155. The summed E-state index contributed by atoms with van der Waals surface area (Å²) in [7, 11) is 0. The van der Waals surface area contributed by atoms with E-state index in [2.05, 4.69) is 234 Å². The van der Waals surface area contributed by atoms with Crippen molar-refractivity contribution in [3.63, 3.8) is 0 Å². The Labute approximate surface area is 396 Å². The number of benzene rings is 13. The molecule has 0 nitrogen and oxygen atoms in total. The lowest BCUT2D eigenvalue weighted by molar-refractivity contribution is 0.652. The standard InChI is InChI=1S/C68H46/c1-67(2)57-37-56-58(38-55(57)65-53(33-47(35-59(65)67)39-13-7-5-8-14-39)49-29-25-45-23-21-41-17-11-19-43-27-31-51(49)63(45)61(41)43)68(3,4)60-36-48(40-15-9-6-10-16-40)34-54(66(56)60)50-30-26-46-24-22-42-18-12-20-44-28-32-52(50)64(46)62(42)44/h5-38H,1-4H3. The van der Waals surface area contributed by atoms with Crippen LogP contribution in [0.2, 0.25) is 0 Å². The van der Waals surface area contributed by atoms with Gasteiger partial charge in [-0.2, -0.15) is 0 Å². The van der Waals surface area contributed by atoms with Crippen molar-refractivity contribution in [3.8, 4) is 66.8 Å². The molecule has 0 heteroatoms. The third-order valence-electron chi connectivity index (χ3n) is 16.5. The molecule has 0 spiro atoms. The highest BCUT2D eigenvalue weighted by Gasteiger charge is 2.44. The molecule has 0 aliphatic heterocycles. The summed E-state index contributed by atoms with van der Waals surface area (Å²) in [5.41, 5.74) is 20.7. The van der Waals surface area contributed by atoms with Crippen LogP contribution in [0.3, 0.4) is 0 Å². The summed E-state index contributed by atoms with van der Waals surface area (Å²) in [5, 5.41) is 15.8. The van der Waals surface area contributed by atoms with Crippen molar-refractivity contribution in [2.75, 3.05) is 0 Å². The van der Waals surface area contributed by atoms with E-state index in [1.807, 2.05) is 0 Å². The first-order chi connectivity index (χ1) is 33.2. The monoisotopic (exact) mass is 862 g/mol. The average Bonchev–Trinajstić information content (AvgIpc) is 3.75. The second-order valence-electron chi connectivity index (χ2n) is 20.8. The number of fused-ring (bicyclic) bond motifs is 6. The molecule has 0 radical (unpaired) electrons. The smallest absolute Gasteiger partial charge is 0.0159 e. The second kappa shape index (κ2) is 13.3. The summed E-state index contributed by atoms with van der Waals surface area (Å²) in [6.45, 7) is 9.87. The Morgan fingerprint density at radius 1 is 0.235 bits per heavy atom. The van der Waals surface area contributed by atoms with Gasteiger partial charge in [-0.05, 0) is 190 Å². The molecule has 0 amide bonds. The molecule has 0 bridgehead atoms. The molecule has 2 aliphatic rings. The molecule has 15 rings (SSSR count). The van der Waals surface area contributed by atoms with Crippen LogP contribution < -0.4 is 0 Å². The summed E-state index contributed by atoms with van der Waals surface area (Å²) in [5.74, 6) is 0. The summed E-state index contributed by atoms with van der Waals surface area (Å²) in [6.07, 6.45) is 0. The lowest BCUT2D eigenvalue weighted by Crippen LogP contribution is -2.17. The zero-order valence-electron chi connectivity index (χ0n) is 38.6. The highest BCUT2D eigenvalue weighted by molar-refractivity contribution is 6.27. The van der Waals surface area contributed by atoms with Crippen molar-refractivity contribution >= 4 is 64.6 Å². The van der Waals surface area contributed by atoms with Gasteiger partial charge < -0.3 is 0 Å². The molecule has 0 fully saturated rings. The van der Waals surface area contributed by atoms with E-state index in [4.69, 9.17) is 0 Å². The number of rotatable bonds is 4. The topological polar surface area (TPSA) is 0 Å². The van der Waals surface area contributed by atoms with Gasteiger partial charge in [-0.1, -0.05) is 198 Å². The van der Waals surface area contributed by atoms with E-state index in [1.165, 1.54) is 154 Å². The zero-order valence-corrected chi connectivity index (χ0v) is 38.6. The Bertz CT molecular complexity index is 3970. The minimum Gasteiger partial charge on any atom is -0.0622 e. The van der Waals surface area contributed by atoms with Crippen LogP contribution in [0.5, 0.6) is 0 Å². The van der Waals surface area contributed by atoms with Crippen molar-refractivity contribution < 1.29 is 0 Å². The summed E-state index contributed by atoms with van der Waals surface area (Å²) < 4.78 is 0. The van der Waals surface area contributed by atoms with Gasteiger partial charge in [0.15, 0.2) is 0 Å². The molecular formula is C68H46. The highest BCUT2D eigenvalue weighted by Crippen LogP contribution is 2.61. The van der Waals surface area contributed by atoms with Gasteiger partial charge in [0.25, 0.3) is 0 Å². The molecule has 318 valence electrons. The van der Waals surface area contributed by atoms with Crippen molar-refractivity contribution in [3.05, 3.63) is 229 Å². The van der Waals surface area contributed by atoms with Crippen molar-refractivity contribution in [1.82, 2.24) is 0 Å². The van der Waals surface area contributed by atoms with E-state index in [-0.39, 0.29) is 10.8 Å². The Kier molecular flexibility index (Phi) is 7.45. The molecular weight excluding hydrogens is 817 g/mol. The number of hydrogen-bond donors (Lipinski definition) is 0. The minimum atomic E-state index is -0.271. The first kappa shape index (κ1) is 38.1. The molecule has 13 aromatic carbocycles. The summed E-state index contributed by atoms with van der Waals surface area (Å²) in [4.78, 5) is 0. The number of hydrogen-bond acceptors (Lipinski definition) is 0. The highest BCUT2D eigenvalue weighted by atomic mass is 14.5. The van der Waals surface area contributed by atoms with E-state index in [0.29, 0.717) is 0 Å². The lowest BCUT2D eigenvalue weighted by Gasteiger charge is -2.24. The van der Waals surface area contributed by atoms with Gasteiger partial charge in [-0.25, -0.2) is 0 Å². The average molecular weight is 863 g/mol. The van der Waals surface area contributed by atoms with Crippen LogP contribution in [-0.2, 0) is 10.8 Å². The van der Waals surface area contributed by atoms with Crippen LogP contribution in [0.4, 0.5) is 0 Å². The Balaban J connectivity index is 1.02. The van der Waals surface area contributed by atoms with Crippen LogP contribution in [0, 0.1) is 0 Å². The van der Waals surface area contributed by atoms with E-state index in [9.17, 15) is 0 Å². The fourth-order valence-corrected chi connectivity index (χ4v) is 13.1. The molecule has 0 N–H and O–H groups in total. The molecule has 0 saturated heterocycles. The largest absolute Gasteiger partial charge is 0.0622 e. The Morgan fingerprint density at radius 3 is 0.985 bits per heavy atom. The Morgan fingerprint density at radius 2 is 0.588 bits per heavy atom. The van der Waals surface area contributed by atoms with Crippen LogP contribution in [0.1, 0.15) is 49.9 Å². The van der Waals surface area contributed by atoms with Crippen molar-refractivity contribution in [1.29, 1.82) is 0 Å². The molecule has 0 aromatic heterocycles. The van der Waals surface area contributed by atoms with Crippen LogP contribution in [0.25, 0.3) is 131 Å². The molecule has 0 unspecified atom stereocenters. The summed E-state index contributed by atoms with van der Waals surface area (Å²) >= 11 is 0. The van der Waals surface area contributed by atoms with Gasteiger partial charge in [0.1, 0.15) is 0 Å². The molecule has 0 saturated carbocycles. The predicted molar refractivity (Wildman–Crippen MR) is 291 cm³/mol. The minimum absolute atomic E-state index is 0.271. The van der Waals surface area contributed by atoms with Crippen molar-refractivity contribution in [2.24, 2.45) is 0 Å². The molecule has 13 aromatic rings. The van der Waals surface area contributed by atoms with Crippen LogP contribution in [-0.4, -0.2) is 0 Å². The maximum Gasteiger partial charge on any atom is 0.0159 e. The maximum absolute atomic E-state index is 2.62. The molecule has 0 atom stereocenters. The van der Waals surface area contributed by atoms with Gasteiger partial charge >= 0.3 is 0 Å². The van der Waals surface area contributed by atoms with Crippen molar-refractivity contribution in [2.45, 2.75) is 38.5 Å². The first-order valence-corrected chi connectivity index (χ1v) is 24.2. The molecule has 2 aliphatic carbocycles. The van der Waals surface area contributed by atoms with E-state index < -0.39 is 0 Å². The third-order valence-corrected chi connectivity index (χ3v) is 16.5. The van der Waals surface area contributed by atoms with Gasteiger partial charge in [-0.3, -0.25) is 0 Å². The second-order valence-corrected chi connectivity index (χ2v) is 20.8. The van der Waals surface area contributed by atoms with Gasteiger partial charge in [0, 0.05) is 10.8 Å².